The Morgan fingerprint density at radius 1 is 1.30 bits per heavy atom. The number of aliphatic hydroxyl groups is 1. The van der Waals surface area contributed by atoms with Crippen molar-refractivity contribution in [1.29, 1.82) is 0 Å². The van der Waals surface area contributed by atoms with Crippen LogP contribution in [-0.2, 0) is 10.4 Å². The quantitative estimate of drug-likeness (QED) is 0.791. The molecule has 0 aliphatic rings. The molecule has 0 aliphatic carbocycles. The van der Waals surface area contributed by atoms with Crippen molar-refractivity contribution >= 4 is 5.97 Å². The first kappa shape index (κ1) is 16.2. The Morgan fingerprint density at radius 3 is 2.25 bits per heavy atom. The van der Waals surface area contributed by atoms with Gasteiger partial charge in [0.15, 0.2) is 5.60 Å². The second kappa shape index (κ2) is 6.09. The van der Waals surface area contributed by atoms with Crippen LogP contribution in [0.5, 0.6) is 0 Å². The third-order valence-electron chi connectivity index (χ3n) is 3.11. The van der Waals surface area contributed by atoms with E-state index in [0.29, 0.717) is 0 Å². The lowest BCUT2D eigenvalue weighted by molar-refractivity contribution is -0.286. The highest BCUT2D eigenvalue weighted by Crippen LogP contribution is 2.46. The van der Waals surface area contributed by atoms with Crippen molar-refractivity contribution in [3.63, 3.8) is 0 Å². The van der Waals surface area contributed by atoms with Gasteiger partial charge in [0.05, 0.1) is 5.92 Å². The van der Waals surface area contributed by atoms with Gasteiger partial charge in [0.1, 0.15) is 0 Å². The van der Waals surface area contributed by atoms with E-state index in [1.54, 1.807) is 0 Å². The molecule has 3 nitrogen and oxygen atoms in total. The largest absolute Gasteiger partial charge is 0.481 e. The first-order valence-electron chi connectivity index (χ1n) is 5.93. The third kappa shape index (κ3) is 3.01. The van der Waals surface area contributed by atoms with E-state index < -0.39 is 29.2 Å². The zero-order valence-electron chi connectivity index (χ0n) is 10.6. The Hall–Kier alpha value is -1.82. The fourth-order valence-electron chi connectivity index (χ4n) is 2.05. The summed E-state index contributed by atoms with van der Waals surface area (Å²) in [4.78, 5) is 11.2. The summed E-state index contributed by atoms with van der Waals surface area (Å²) < 4.78 is 39.9. The molecule has 20 heavy (non-hydrogen) atoms. The van der Waals surface area contributed by atoms with Crippen LogP contribution < -0.4 is 0 Å². The average Bonchev–Trinajstić information content (AvgIpc) is 2.38. The van der Waals surface area contributed by atoms with E-state index in [0.717, 1.165) is 12.1 Å². The Labute approximate surface area is 114 Å². The minimum absolute atomic E-state index is 0.0577. The summed E-state index contributed by atoms with van der Waals surface area (Å²) in [6, 6.07) is 6.26. The Kier molecular flexibility index (Phi) is 4.94. The summed E-state index contributed by atoms with van der Waals surface area (Å²) in [5, 5.41) is 19.2. The number of hydrogen-bond donors (Lipinski definition) is 2. The fraction of sp³-hybridized carbons (Fsp3) is 0.357. The van der Waals surface area contributed by atoms with Crippen LogP contribution in [0.1, 0.15) is 18.4 Å². The monoisotopic (exact) mass is 288 g/mol. The highest BCUT2D eigenvalue weighted by atomic mass is 19.4. The molecule has 2 atom stereocenters. The lowest BCUT2D eigenvalue weighted by Crippen LogP contribution is -2.51. The van der Waals surface area contributed by atoms with Crippen LogP contribution in [0.4, 0.5) is 13.2 Å². The van der Waals surface area contributed by atoms with Gasteiger partial charge < -0.3 is 10.2 Å². The van der Waals surface area contributed by atoms with E-state index in [1.807, 2.05) is 0 Å². The van der Waals surface area contributed by atoms with Crippen LogP contribution >= 0.6 is 0 Å². The van der Waals surface area contributed by atoms with Crippen LogP contribution in [-0.4, -0.2) is 22.4 Å². The second-order valence-electron chi connectivity index (χ2n) is 4.39. The molecule has 0 aliphatic heterocycles. The summed E-state index contributed by atoms with van der Waals surface area (Å²) >= 11 is 0. The third-order valence-corrected chi connectivity index (χ3v) is 3.11. The first-order chi connectivity index (χ1) is 9.25. The fourth-order valence-corrected chi connectivity index (χ4v) is 2.05. The number of hydrogen-bond acceptors (Lipinski definition) is 2. The van der Waals surface area contributed by atoms with Crippen molar-refractivity contribution in [1.82, 2.24) is 0 Å². The predicted molar refractivity (Wildman–Crippen MR) is 67.0 cm³/mol. The number of rotatable bonds is 6. The topological polar surface area (TPSA) is 57.5 Å². The standard InChI is InChI=1S/C14H15F3O3/c1-2-3-9-11(12(18)19)13(20,14(15,16)17)10-7-5-4-6-8-10/h2,4-8,11,20H,1,3,9H2,(H,18,19). The van der Waals surface area contributed by atoms with Crippen LogP contribution in [0.3, 0.4) is 0 Å². The van der Waals surface area contributed by atoms with Crippen LogP contribution in [0.25, 0.3) is 0 Å². The van der Waals surface area contributed by atoms with E-state index in [-0.39, 0.29) is 12.8 Å². The molecule has 2 unspecified atom stereocenters. The molecular formula is C14H15F3O3. The van der Waals surface area contributed by atoms with Gasteiger partial charge in [0.25, 0.3) is 0 Å². The minimum Gasteiger partial charge on any atom is -0.481 e. The van der Waals surface area contributed by atoms with Crippen molar-refractivity contribution in [3.05, 3.63) is 48.6 Å². The summed E-state index contributed by atoms with van der Waals surface area (Å²) in [6.45, 7) is 3.35. The van der Waals surface area contributed by atoms with E-state index in [4.69, 9.17) is 5.11 Å². The maximum atomic E-state index is 13.3. The molecule has 1 aromatic carbocycles. The number of benzene rings is 1. The molecular weight excluding hydrogens is 273 g/mol. The Morgan fingerprint density at radius 2 is 1.85 bits per heavy atom. The van der Waals surface area contributed by atoms with Gasteiger partial charge in [0, 0.05) is 0 Å². The summed E-state index contributed by atoms with van der Waals surface area (Å²) in [7, 11) is 0. The zero-order valence-corrected chi connectivity index (χ0v) is 10.6. The number of halogens is 3. The van der Waals surface area contributed by atoms with Crippen molar-refractivity contribution in [2.75, 3.05) is 0 Å². The molecule has 0 saturated carbocycles. The van der Waals surface area contributed by atoms with Gasteiger partial charge in [-0.15, -0.1) is 6.58 Å². The summed E-state index contributed by atoms with van der Waals surface area (Å²) in [5.41, 5.74) is -3.91. The molecule has 6 heteroatoms. The Balaban J connectivity index is 3.36. The zero-order chi connectivity index (χ0) is 15.4. The van der Waals surface area contributed by atoms with E-state index in [9.17, 15) is 23.1 Å². The van der Waals surface area contributed by atoms with Gasteiger partial charge in [-0.1, -0.05) is 36.4 Å². The molecule has 0 spiro atoms. The van der Waals surface area contributed by atoms with E-state index in [1.165, 1.54) is 24.3 Å². The maximum Gasteiger partial charge on any atom is 0.422 e. The molecule has 1 aromatic rings. The van der Waals surface area contributed by atoms with Gasteiger partial charge in [-0.05, 0) is 18.4 Å². The maximum absolute atomic E-state index is 13.3. The molecule has 0 amide bonds. The van der Waals surface area contributed by atoms with Gasteiger partial charge in [-0.25, -0.2) is 0 Å². The van der Waals surface area contributed by atoms with Crippen molar-refractivity contribution < 1.29 is 28.2 Å². The molecule has 0 fully saturated rings. The molecule has 0 heterocycles. The average molecular weight is 288 g/mol. The van der Waals surface area contributed by atoms with Crippen LogP contribution in [0.2, 0.25) is 0 Å². The number of carboxylic acids is 1. The first-order valence-corrected chi connectivity index (χ1v) is 5.93. The van der Waals surface area contributed by atoms with Crippen molar-refractivity contribution in [2.45, 2.75) is 24.6 Å². The molecule has 0 bridgehead atoms. The predicted octanol–water partition coefficient (Wildman–Crippen LogP) is 3.10. The number of carboxylic acid groups (broad SMARTS) is 1. The van der Waals surface area contributed by atoms with Crippen molar-refractivity contribution in [2.24, 2.45) is 5.92 Å². The lowest BCUT2D eigenvalue weighted by Gasteiger charge is -2.35. The number of aliphatic carboxylic acids is 1. The smallest absolute Gasteiger partial charge is 0.422 e. The minimum atomic E-state index is -5.10. The van der Waals surface area contributed by atoms with Crippen LogP contribution in [0.15, 0.2) is 43.0 Å². The number of allylic oxidation sites excluding steroid dienone is 1. The number of alkyl halides is 3. The van der Waals surface area contributed by atoms with Crippen molar-refractivity contribution in [3.8, 4) is 0 Å². The molecule has 0 radical (unpaired) electrons. The molecule has 0 aromatic heterocycles. The van der Waals surface area contributed by atoms with Crippen LogP contribution in [0, 0.1) is 5.92 Å². The second-order valence-corrected chi connectivity index (χ2v) is 4.39. The molecule has 0 saturated heterocycles. The highest BCUT2D eigenvalue weighted by Gasteiger charge is 2.61. The molecule has 110 valence electrons. The van der Waals surface area contributed by atoms with Gasteiger partial charge in [-0.3, -0.25) is 4.79 Å². The van der Waals surface area contributed by atoms with E-state index in [2.05, 4.69) is 6.58 Å². The lowest BCUT2D eigenvalue weighted by atomic mass is 9.78. The van der Waals surface area contributed by atoms with Gasteiger partial charge in [-0.2, -0.15) is 13.2 Å². The number of carbonyl (C=O) groups is 1. The van der Waals surface area contributed by atoms with Gasteiger partial charge in [0.2, 0.25) is 0 Å². The van der Waals surface area contributed by atoms with Gasteiger partial charge >= 0.3 is 12.1 Å². The Bertz CT molecular complexity index is 470. The summed E-state index contributed by atoms with van der Waals surface area (Å²) in [5.74, 6) is -3.70. The normalized spacial score (nSPS) is 16.2. The highest BCUT2D eigenvalue weighted by molar-refractivity contribution is 5.72. The SMILES string of the molecule is C=CCCC(C(=O)O)C(O)(c1ccccc1)C(F)(F)F. The summed E-state index contributed by atoms with van der Waals surface area (Å²) in [6.07, 6.45) is -4.08. The molecule has 2 N–H and O–H groups in total. The molecule has 1 rings (SSSR count). The van der Waals surface area contributed by atoms with E-state index >= 15 is 0 Å².